The van der Waals surface area contributed by atoms with Crippen molar-refractivity contribution in [2.45, 2.75) is 13.3 Å². The number of Topliss-reactive ketones (excluding diaryl/α,β-unsaturated/α-hetero) is 1. The molecule has 0 fully saturated rings. The van der Waals surface area contributed by atoms with Gasteiger partial charge in [0, 0.05) is 6.42 Å². The molecule has 0 aromatic carbocycles. The summed E-state index contributed by atoms with van der Waals surface area (Å²) in [5.74, 6) is -0.742. The number of ketones is 1. The van der Waals surface area contributed by atoms with E-state index in [2.05, 4.69) is 4.98 Å². The Kier molecular flexibility index (Phi) is 2.31. The van der Waals surface area contributed by atoms with E-state index in [1.54, 1.807) is 6.92 Å². The smallest absolute Gasteiger partial charge is 0.213 e. The van der Waals surface area contributed by atoms with E-state index >= 15 is 0 Å². The van der Waals surface area contributed by atoms with Gasteiger partial charge in [-0.1, -0.05) is 13.0 Å². The fourth-order valence-corrected chi connectivity index (χ4v) is 0.745. The monoisotopic (exact) mass is 153 g/mol. The van der Waals surface area contributed by atoms with Crippen molar-refractivity contribution < 1.29 is 9.18 Å². The molecule has 1 aromatic heterocycles. The molecule has 0 saturated heterocycles. The van der Waals surface area contributed by atoms with Crippen LogP contribution in [0.5, 0.6) is 0 Å². The SMILES string of the molecule is CCC(=O)c1cccc(F)n1. The number of pyridine rings is 1. The van der Waals surface area contributed by atoms with Crippen molar-refractivity contribution in [2.75, 3.05) is 0 Å². The molecule has 0 amide bonds. The van der Waals surface area contributed by atoms with Crippen LogP contribution in [0.3, 0.4) is 0 Å². The second kappa shape index (κ2) is 3.23. The molecular weight excluding hydrogens is 145 g/mol. The lowest BCUT2D eigenvalue weighted by Crippen LogP contribution is -2.00. The number of rotatable bonds is 2. The molecule has 0 saturated carbocycles. The third kappa shape index (κ3) is 1.83. The molecule has 0 aliphatic heterocycles. The van der Waals surface area contributed by atoms with Crippen molar-refractivity contribution in [2.24, 2.45) is 0 Å². The first-order chi connectivity index (χ1) is 5.24. The molecule has 0 aliphatic rings. The summed E-state index contributed by atoms with van der Waals surface area (Å²) in [6.07, 6.45) is 0.358. The van der Waals surface area contributed by atoms with E-state index < -0.39 is 5.95 Å². The van der Waals surface area contributed by atoms with Gasteiger partial charge in [0.25, 0.3) is 0 Å². The molecule has 0 radical (unpaired) electrons. The van der Waals surface area contributed by atoms with Gasteiger partial charge in [0.15, 0.2) is 5.78 Å². The summed E-state index contributed by atoms with van der Waals surface area (Å²) in [5, 5.41) is 0. The van der Waals surface area contributed by atoms with Crippen LogP contribution >= 0.6 is 0 Å². The van der Waals surface area contributed by atoms with Crippen molar-refractivity contribution in [1.29, 1.82) is 0 Å². The lowest BCUT2D eigenvalue weighted by molar-refractivity contribution is 0.0982. The zero-order valence-electron chi connectivity index (χ0n) is 6.17. The first kappa shape index (κ1) is 7.85. The summed E-state index contributed by atoms with van der Waals surface area (Å²) in [7, 11) is 0. The van der Waals surface area contributed by atoms with Gasteiger partial charge in [0.1, 0.15) is 5.69 Å². The minimum atomic E-state index is -0.607. The lowest BCUT2D eigenvalue weighted by Gasteiger charge is -1.94. The molecule has 0 atom stereocenters. The molecule has 1 rings (SSSR count). The number of hydrogen-bond acceptors (Lipinski definition) is 2. The van der Waals surface area contributed by atoms with Gasteiger partial charge in [-0.05, 0) is 12.1 Å². The first-order valence-electron chi connectivity index (χ1n) is 3.39. The molecule has 58 valence electrons. The van der Waals surface area contributed by atoms with Crippen molar-refractivity contribution in [3.05, 3.63) is 29.8 Å². The second-order valence-corrected chi connectivity index (χ2v) is 2.12. The highest BCUT2D eigenvalue weighted by Crippen LogP contribution is 2.00. The van der Waals surface area contributed by atoms with Gasteiger partial charge in [-0.15, -0.1) is 0 Å². The molecular formula is C8H8FNO. The Hall–Kier alpha value is -1.25. The second-order valence-electron chi connectivity index (χ2n) is 2.12. The van der Waals surface area contributed by atoms with Crippen LogP contribution in [0.1, 0.15) is 23.8 Å². The van der Waals surface area contributed by atoms with Crippen LogP contribution in [-0.2, 0) is 0 Å². The lowest BCUT2D eigenvalue weighted by atomic mass is 10.2. The highest BCUT2D eigenvalue weighted by atomic mass is 19.1. The van der Waals surface area contributed by atoms with Crippen LogP contribution < -0.4 is 0 Å². The van der Waals surface area contributed by atoms with E-state index in [1.807, 2.05) is 0 Å². The molecule has 0 bridgehead atoms. The van der Waals surface area contributed by atoms with E-state index in [1.165, 1.54) is 18.2 Å². The maximum atomic E-state index is 12.4. The molecule has 3 heteroatoms. The van der Waals surface area contributed by atoms with Gasteiger partial charge in [-0.25, -0.2) is 4.98 Å². The average Bonchev–Trinajstić information content (AvgIpc) is 2.03. The van der Waals surface area contributed by atoms with Gasteiger partial charge in [0.2, 0.25) is 5.95 Å². The Bertz CT molecular complexity index is 273. The van der Waals surface area contributed by atoms with Crippen molar-refractivity contribution in [3.8, 4) is 0 Å². The number of carbonyl (C=O) groups is 1. The van der Waals surface area contributed by atoms with Crippen molar-refractivity contribution in [3.63, 3.8) is 0 Å². The number of hydrogen-bond donors (Lipinski definition) is 0. The predicted octanol–water partition coefficient (Wildman–Crippen LogP) is 1.81. The van der Waals surface area contributed by atoms with Crippen LogP contribution in [0.25, 0.3) is 0 Å². The average molecular weight is 153 g/mol. The topological polar surface area (TPSA) is 30.0 Å². The maximum absolute atomic E-state index is 12.4. The summed E-state index contributed by atoms with van der Waals surface area (Å²) in [4.78, 5) is 14.4. The standard InChI is InChI=1S/C8H8FNO/c1-2-7(11)6-4-3-5-8(9)10-6/h3-5H,2H2,1H3. The van der Waals surface area contributed by atoms with E-state index in [9.17, 15) is 9.18 Å². The minimum Gasteiger partial charge on any atom is -0.292 e. The van der Waals surface area contributed by atoms with Crippen LogP contribution in [0.4, 0.5) is 4.39 Å². The third-order valence-electron chi connectivity index (χ3n) is 1.32. The number of aromatic nitrogens is 1. The minimum absolute atomic E-state index is 0.135. The fourth-order valence-electron chi connectivity index (χ4n) is 0.745. The molecule has 0 unspecified atom stereocenters. The van der Waals surface area contributed by atoms with Gasteiger partial charge >= 0.3 is 0 Å². The van der Waals surface area contributed by atoms with E-state index in [-0.39, 0.29) is 11.5 Å². The Morgan fingerprint density at radius 3 is 2.91 bits per heavy atom. The molecule has 2 nitrogen and oxygen atoms in total. The Morgan fingerprint density at radius 2 is 2.36 bits per heavy atom. The van der Waals surface area contributed by atoms with Crippen molar-refractivity contribution in [1.82, 2.24) is 4.98 Å². The Labute approximate surface area is 64.1 Å². The van der Waals surface area contributed by atoms with Gasteiger partial charge in [-0.3, -0.25) is 4.79 Å². The first-order valence-corrected chi connectivity index (χ1v) is 3.39. The van der Waals surface area contributed by atoms with Crippen LogP contribution in [0.2, 0.25) is 0 Å². The van der Waals surface area contributed by atoms with Gasteiger partial charge in [-0.2, -0.15) is 4.39 Å². The highest BCUT2D eigenvalue weighted by molar-refractivity contribution is 5.93. The number of carbonyl (C=O) groups excluding carboxylic acids is 1. The summed E-state index contributed by atoms with van der Waals surface area (Å²) in [6, 6.07) is 4.20. The summed E-state index contributed by atoms with van der Waals surface area (Å²) in [6.45, 7) is 1.72. The molecule has 1 aromatic rings. The van der Waals surface area contributed by atoms with E-state index in [0.29, 0.717) is 6.42 Å². The molecule has 0 spiro atoms. The zero-order valence-corrected chi connectivity index (χ0v) is 6.17. The van der Waals surface area contributed by atoms with Crippen LogP contribution in [-0.4, -0.2) is 10.8 Å². The third-order valence-corrected chi connectivity index (χ3v) is 1.32. The van der Waals surface area contributed by atoms with Crippen molar-refractivity contribution >= 4 is 5.78 Å². The number of halogens is 1. The normalized spacial score (nSPS) is 9.64. The number of nitrogens with zero attached hydrogens (tertiary/aromatic N) is 1. The zero-order chi connectivity index (χ0) is 8.27. The summed E-state index contributed by atoms with van der Waals surface area (Å²) < 4.78 is 12.4. The Balaban J connectivity index is 2.96. The predicted molar refractivity (Wildman–Crippen MR) is 38.8 cm³/mol. The largest absolute Gasteiger partial charge is 0.292 e. The van der Waals surface area contributed by atoms with Gasteiger partial charge < -0.3 is 0 Å². The molecule has 1 heterocycles. The fraction of sp³-hybridized carbons (Fsp3) is 0.250. The highest BCUT2D eigenvalue weighted by Gasteiger charge is 2.03. The molecule has 0 aliphatic carbocycles. The van der Waals surface area contributed by atoms with Gasteiger partial charge in [0.05, 0.1) is 0 Å². The van der Waals surface area contributed by atoms with Crippen LogP contribution in [0.15, 0.2) is 18.2 Å². The maximum Gasteiger partial charge on any atom is 0.213 e. The molecule has 11 heavy (non-hydrogen) atoms. The molecule has 0 N–H and O–H groups in total. The van der Waals surface area contributed by atoms with Crippen LogP contribution in [0, 0.1) is 5.95 Å². The summed E-state index contributed by atoms with van der Waals surface area (Å²) in [5.41, 5.74) is 0.201. The summed E-state index contributed by atoms with van der Waals surface area (Å²) >= 11 is 0. The van der Waals surface area contributed by atoms with E-state index in [0.717, 1.165) is 0 Å². The quantitative estimate of drug-likeness (QED) is 0.479. The van der Waals surface area contributed by atoms with E-state index in [4.69, 9.17) is 0 Å². The Morgan fingerprint density at radius 1 is 1.64 bits per heavy atom.